The van der Waals surface area contributed by atoms with Gasteiger partial charge < -0.3 is 5.73 Å². The lowest BCUT2D eigenvalue weighted by Crippen LogP contribution is -1.97. The maximum atomic E-state index is 10.4. The van der Waals surface area contributed by atoms with Crippen molar-refractivity contribution in [3.8, 4) is 0 Å². The van der Waals surface area contributed by atoms with E-state index in [2.05, 4.69) is 0 Å². The summed E-state index contributed by atoms with van der Waals surface area (Å²) in [5, 5.41) is 0. The van der Waals surface area contributed by atoms with E-state index in [0.717, 1.165) is 23.0 Å². The van der Waals surface area contributed by atoms with E-state index in [4.69, 9.17) is 5.73 Å². The minimum Gasteiger partial charge on any atom is -0.326 e. The fourth-order valence-electron chi connectivity index (χ4n) is 0.997. The summed E-state index contributed by atoms with van der Waals surface area (Å²) in [6.07, 6.45) is 0.857. The molecule has 0 amide bonds. The summed E-state index contributed by atoms with van der Waals surface area (Å²) in [6, 6.07) is 5.60. The van der Waals surface area contributed by atoms with Crippen LogP contribution in [0.1, 0.15) is 21.5 Å². The Morgan fingerprint density at radius 1 is 1.55 bits per heavy atom. The third-order valence-corrected chi connectivity index (χ3v) is 1.70. The van der Waals surface area contributed by atoms with Gasteiger partial charge in [-0.05, 0) is 18.1 Å². The largest absolute Gasteiger partial charge is 0.326 e. The van der Waals surface area contributed by atoms with Crippen LogP contribution in [0.3, 0.4) is 0 Å². The third kappa shape index (κ3) is 1.65. The zero-order valence-electron chi connectivity index (χ0n) is 6.50. The molecule has 11 heavy (non-hydrogen) atoms. The smallest absolute Gasteiger partial charge is 0.150 e. The minimum atomic E-state index is 0.528. The molecule has 2 N–H and O–H groups in total. The molecule has 2 nitrogen and oxygen atoms in total. The SMILES string of the molecule is Cc1cc(CN)ccc1C=O. The first-order valence-electron chi connectivity index (χ1n) is 3.52. The van der Waals surface area contributed by atoms with Crippen molar-refractivity contribution in [3.63, 3.8) is 0 Å². The Morgan fingerprint density at radius 2 is 2.27 bits per heavy atom. The van der Waals surface area contributed by atoms with Crippen molar-refractivity contribution in [3.05, 3.63) is 34.9 Å². The Labute approximate surface area is 66.0 Å². The number of hydrogen-bond acceptors (Lipinski definition) is 2. The Hall–Kier alpha value is -1.15. The topological polar surface area (TPSA) is 43.1 Å². The zero-order valence-corrected chi connectivity index (χ0v) is 6.50. The van der Waals surface area contributed by atoms with Crippen LogP contribution < -0.4 is 5.73 Å². The van der Waals surface area contributed by atoms with Gasteiger partial charge in [-0.1, -0.05) is 18.2 Å². The maximum Gasteiger partial charge on any atom is 0.150 e. The van der Waals surface area contributed by atoms with Crippen LogP contribution in [-0.2, 0) is 6.54 Å². The molecule has 0 atom stereocenters. The van der Waals surface area contributed by atoms with Crippen LogP contribution in [0.5, 0.6) is 0 Å². The lowest BCUT2D eigenvalue weighted by atomic mass is 10.1. The van der Waals surface area contributed by atoms with Gasteiger partial charge >= 0.3 is 0 Å². The van der Waals surface area contributed by atoms with Crippen LogP contribution >= 0.6 is 0 Å². The van der Waals surface area contributed by atoms with Crippen molar-refractivity contribution in [1.82, 2.24) is 0 Å². The number of carbonyl (C=O) groups is 1. The van der Waals surface area contributed by atoms with Crippen molar-refractivity contribution in [2.24, 2.45) is 5.73 Å². The lowest BCUT2D eigenvalue weighted by Gasteiger charge is -2.00. The summed E-state index contributed by atoms with van der Waals surface area (Å²) in [7, 11) is 0. The van der Waals surface area contributed by atoms with Crippen LogP contribution in [0.2, 0.25) is 0 Å². The summed E-state index contributed by atoms with van der Waals surface area (Å²) in [5.74, 6) is 0. The molecule has 0 spiro atoms. The van der Waals surface area contributed by atoms with Gasteiger partial charge in [-0.15, -0.1) is 0 Å². The first kappa shape index (κ1) is 7.95. The number of aryl methyl sites for hydroxylation is 1. The van der Waals surface area contributed by atoms with Crippen molar-refractivity contribution >= 4 is 6.29 Å². The highest BCUT2D eigenvalue weighted by Gasteiger charge is 1.96. The first-order chi connectivity index (χ1) is 5.27. The van der Waals surface area contributed by atoms with Crippen LogP contribution in [0.4, 0.5) is 0 Å². The molecular weight excluding hydrogens is 138 g/mol. The average molecular weight is 149 g/mol. The summed E-state index contributed by atoms with van der Waals surface area (Å²) in [4.78, 5) is 10.4. The minimum absolute atomic E-state index is 0.528. The molecule has 58 valence electrons. The van der Waals surface area contributed by atoms with Gasteiger partial charge in [0.05, 0.1) is 0 Å². The number of hydrogen-bond donors (Lipinski definition) is 1. The number of aldehydes is 1. The van der Waals surface area contributed by atoms with Crippen LogP contribution in [-0.4, -0.2) is 6.29 Å². The van der Waals surface area contributed by atoms with Gasteiger partial charge in [0, 0.05) is 12.1 Å². The van der Waals surface area contributed by atoms with E-state index >= 15 is 0 Å². The van der Waals surface area contributed by atoms with Gasteiger partial charge in [0.1, 0.15) is 6.29 Å². The molecule has 0 unspecified atom stereocenters. The average Bonchev–Trinajstić information content (AvgIpc) is 2.04. The molecule has 0 radical (unpaired) electrons. The zero-order chi connectivity index (χ0) is 8.27. The highest BCUT2D eigenvalue weighted by atomic mass is 16.1. The molecular formula is C9H11NO. The molecule has 0 saturated carbocycles. The highest BCUT2D eigenvalue weighted by Crippen LogP contribution is 2.07. The van der Waals surface area contributed by atoms with E-state index in [1.54, 1.807) is 6.07 Å². The second kappa shape index (κ2) is 3.30. The summed E-state index contributed by atoms with van der Waals surface area (Å²) in [6.45, 7) is 2.43. The Bertz CT molecular complexity index is 268. The standard InChI is InChI=1S/C9H11NO/c1-7-4-8(5-10)2-3-9(7)6-11/h2-4,6H,5,10H2,1H3. The van der Waals surface area contributed by atoms with E-state index < -0.39 is 0 Å². The molecule has 1 aromatic carbocycles. The van der Waals surface area contributed by atoms with Crippen molar-refractivity contribution in [1.29, 1.82) is 0 Å². The second-order valence-corrected chi connectivity index (χ2v) is 2.51. The van der Waals surface area contributed by atoms with Gasteiger partial charge in [0.15, 0.2) is 0 Å². The highest BCUT2D eigenvalue weighted by molar-refractivity contribution is 5.77. The van der Waals surface area contributed by atoms with Crippen LogP contribution in [0.15, 0.2) is 18.2 Å². The fraction of sp³-hybridized carbons (Fsp3) is 0.222. The molecule has 0 aliphatic carbocycles. The van der Waals surface area contributed by atoms with E-state index in [0.29, 0.717) is 6.54 Å². The number of benzene rings is 1. The van der Waals surface area contributed by atoms with Gasteiger partial charge in [0.25, 0.3) is 0 Å². The molecule has 0 aliphatic heterocycles. The van der Waals surface area contributed by atoms with E-state index in [1.165, 1.54) is 0 Å². The number of carbonyl (C=O) groups excluding carboxylic acids is 1. The monoisotopic (exact) mass is 149 g/mol. The summed E-state index contributed by atoms with van der Waals surface area (Å²) in [5.41, 5.74) is 8.21. The van der Waals surface area contributed by atoms with Crippen molar-refractivity contribution in [2.75, 3.05) is 0 Å². The molecule has 0 fully saturated rings. The summed E-state index contributed by atoms with van der Waals surface area (Å²) < 4.78 is 0. The Morgan fingerprint density at radius 3 is 2.73 bits per heavy atom. The number of nitrogens with two attached hydrogens (primary N) is 1. The first-order valence-corrected chi connectivity index (χ1v) is 3.52. The Balaban J connectivity index is 3.09. The quantitative estimate of drug-likeness (QED) is 0.643. The molecule has 1 aromatic rings. The van der Waals surface area contributed by atoms with Crippen LogP contribution in [0.25, 0.3) is 0 Å². The normalized spacial score (nSPS) is 9.64. The van der Waals surface area contributed by atoms with E-state index in [1.807, 2.05) is 19.1 Å². The third-order valence-electron chi connectivity index (χ3n) is 1.70. The predicted molar refractivity (Wildman–Crippen MR) is 44.5 cm³/mol. The second-order valence-electron chi connectivity index (χ2n) is 2.51. The van der Waals surface area contributed by atoms with Gasteiger partial charge in [-0.3, -0.25) is 4.79 Å². The van der Waals surface area contributed by atoms with Gasteiger partial charge in [0.2, 0.25) is 0 Å². The molecule has 2 heteroatoms. The molecule has 0 aromatic heterocycles. The van der Waals surface area contributed by atoms with E-state index in [-0.39, 0.29) is 0 Å². The molecule has 1 rings (SSSR count). The fourth-order valence-corrected chi connectivity index (χ4v) is 0.997. The Kier molecular flexibility index (Phi) is 2.39. The predicted octanol–water partition coefficient (Wildman–Crippen LogP) is 1.27. The van der Waals surface area contributed by atoms with Crippen molar-refractivity contribution < 1.29 is 4.79 Å². The van der Waals surface area contributed by atoms with Gasteiger partial charge in [-0.25, -0.2) is 0 Å². The maximum absolute atomic E-state index is 10.4. The van der Waals surface area contributed by atoms with Crippen LogP contribution in [0, 0.1) is 6.92 Å². The van der Waals surface area contributed by atoms with Gasteiger partial charge in [-0.2, -0.15) is 0 Å². The lowest BCUT2D eigenvalue weighted by molar-refractivity contribution is 0.112. The summed E-state index contributed by atoms with van der Waals surface area (Å²) >= 11 is 0. The van der Waals surface area contributed by atoms with Crippen molar-refractivity contribution in [2.45, 2.75) is 13.5 Å². The van der Waals surface area contributed by atoms with E-state index in [9.17, 15) is 4.79 Å². The molecule has 0 saturated heterocycles. The molecule has 0 bridgehead atoms. The molecule has 0 heterocycles. The number of rotatable bonds is 2. The molecule has 0 aliphatic rings.